The Bertz CT molecular complexity index is 814. The summed E-state index contributed by atoms with van der Waals surface area (Å²) in [6, 6.07) is 12.2. The lowest BCUT2D eigenvalue weighted by Gasteiger charge is -2.18. The predicted octanol–water partition coefficient (Wildman–Crippen LogP) is 3.86. The fraction of sp³-hybridized carbons (Fsp3) is 0.364. The Morgan fingerprint density at radius 2 is 1.64 bits per heavy atom. The number of methoxy groups -OCH3 is 2. The van der Waals surface area contributed by atoms with Gasteiger partial charge in [0.2, 0.25) is 0 Å². The molecule has 0 spiro atoms. The van der Waals surface area contributed by atoms with E-state index in [0.29, 0.717) is 23.0 Å². The number of amides is 1. The zero-order valence-electron chi connectivity index (χ0n) is 16.9. The third kappa shape index (κ3) is 5.49. The van der Waals surface area contributed by atoms with Crippen molar-refractivity contribution in [3.05, 3.63) is 59.2 Å². The first-order chi connectivity index (χ1) is 13.3. The third-order valence-corrected chi connectivity index (χ3v) is 4.43. The van der Waals surface area contributed by atoms with Crippen LogP contribution in [0.1, 0.15) is 54.2 Å². The first kappa shape index (κ1) is 21.3. The summed E-state index contributed by atoms with van der Waals surface area (Å²) in [5.41, 5.74) is 2.32. The maximum atomic E-state index is 12.2. The molecule has 0 aromatic heterocycles. The van der Waals surface area contributed by atoms with Crippen LogP contribution in [-0.4, -0.2) is 32.7 Å². The van der Waals surface area contributed by atoms with Crippen molar-refractivity contribution in [2.45, 2.75) is 32.7 Å². The van der Waals surface area contributed by atoms with E-state index >= 15 is 0 Å². The van der Waals surface area contributed by atoms with E-state index in [-0.39, 0.29) is 12.6 Å². The maximum Gasteiger partial charge on any atom is 0.338 e. The molecule has 6 heteroatoms. The Morgan fingerprint density at radius 1 is 0.964 bits per heavy atom. The van der Waals surface area contributed by atoms with Crippen LogP contribution in [0.2, 0.25) is 0 Å². The lowest BCUT2D eigenvalue weighted by molar-refractivity contribution is -0.124. The standard InChI is InChI=1S/C22H27NO5/c1-14(2)16-6-8-17(9-7-16)22(25)28-13-21(24)23-15(3)19-12-18(26-4)10-11-20(19)27-5/h6-12,14-15H,13H2,1-5H3,(H,23,24)/t15-/m0/s1. The smallest absolute Gasteiger partial charge is 0.338 e. The van der Waals surface area contributed by atoms with E-state index in [1.807, 2.05) is 19.1 Å². The van der Waals surface area contributed by atoms with Crippen LogP contribution in [0.5, 0.6) is 11.5 Å². The Morgan fingerprint density at radius 3 is 2.21 bits per heavy atom. The number of hydrogen-bond acceptors (Lipinski definition) is 5. The molecule has 2 aromatic carbocycles. The highest BCUT2D eigenvalue weighted by molar-refractivity contribution is 5.91. The van der Waals surface area contributed by atoms with E-state index in [0.717, 1.165) is 11.1 Å². The quantitative estimate of drug-likeness (QED) is 0.699. The lowest BCUT2D eigenvalue weighted by atomic mass is 10.0. The van der Waals surface area contributed by atoms with Crippen LogP contribution in [-0.2, 0) is 9.53 Å². The van der Waals surface area contributed by atoms with Crippen LogP contribution in [0.4, 0.5) is 0 Å². The van der Waals surface area contributed by atoms with E-state index in [1.54, 1.807) is 44.6 Å². The molecule has 0 fully saturated rings. The van der Waals surface area contributed by atoms with Crippen molar-refractivity contribution in [3.63, 3.8) is 0 Å². The Kier molecular flexibility index (Phi) is 7.44. The summed E-state index contributed by atoms with van der Waals surface area (Å²) in [5, 5.41) is 2.80. The molecule has 1 N–H and O–H groups in total. The van der Waals surface area contributed by atoms with Crippen molar-refractivity contribution < 1.29 is 23.8 Å². The van der Waals surface area contributed by atoms with Gasteiger partial charge in [-0.1, -0.05) is 26.0 Å². The van der Waals surface area contributed by atoms with E-state index in [1.165, 1.54) is 0 Å². The summed E-state index contributed by atoms with van der Waals surface area (Å²) in [7, 11) is 3.13. The number of nitrogens with one attached hydrogen (secondary N) is 1. The molecule has 0 aliphatic carbocycles. The minimum Gasteiger partial charge on any atom is -0.497 e. The first-order valence-electron chi connectivity index (χ1n) is 9.14. The second kappa shape index (κ2) is 9.78. The number of carbonyl (C=O) groups is 2. The number of ether oxygens (including phenoxy) is 3. The van der Waals surface area contributed by atoms with Gasteiger partial charge in [0.25, 0.3) is 5.91 Å². The average molecular weight is 385 g/mol. The monoisotopic (exact) mass is 385 g/mol. The van der Waals surface area contributed by atoms with Crippen LogP contribution >= 0.6 is 0 Å². The van der Waals surface area contributed by atoms with Gasteiger partial charge in [-0.15, -0.1) is 0 Å². The molecule has 28 heavy (non-hydrogen) atoms. The zero-order chi connectivity index (χ0) is 20.7. The van der Waals surface area contributed by atoms with Crippen molar-refractivity contribution in [3.8, 4) is 11.5 Å². The molecule has 0 aliphatic rings. The minimum atomic E-state index is -0.530. The van der Waals surface area contributed by atoms with E-state index in [2.05, 4.69) is 19.2 Å². The van der Waals surface area contributed by atoms with Crippen LogP contribution in [0.15, 0.2) is 42.5 Å². The Hall–Kier alpha value is -3.02. The van der Waals surface area contributed by atoms with E-state index in [4.69, 9.17) is 14.2 Å². The molecule has 1 atom stereocenters. The molecule has 0 saturated heterocycles. The SMILES string of the molecule is COc1ccc(OC)c([C@H](C)NC(=O)COC(=O)c2ccc(C(C)C)cc2)c1. The molecule has 150 valence electrons. The molecule has 0 heterocycles. The fourth-order valence-corrected chi connectivity index (χ4v) is 2.76. The Labute approximate surface area is 165 Å². The van der Waals surface area contributed by atoms with Gasteiger partial charge in [-0.3, -0.25) is 4.79 Å². The summed E-state index contributed by atoms with van der Waals surface area (Å²) in [6.45, 7) is 5.62. The third-order valence-electron chi connectivity index (χ3n) is 4.43. The van der Waals surface area contributed by atoms with Crippen molar-refractivity contribution in [1.82, 2.24) is 5.32 Å². The van der Waals surface area contributed by atoms with Crippen LogP contribution in [0, 0.1) is 0 Å². The number of rotatable bonds is 8. The average Bonchev–Trinajstić information content (AvgIpc) is 2.71. The molecular formula is C22H27NO5. The summed E-state index contributed by atoms with van der Waals surface area (Å²) in [5.74, 6) is 0.747. The number of esters is 1. The second-order valence-electron chi connectivity index (χ2n) is 6.75. The van der Waals surface area contributed by atoms with Gasteiger partial charge < -0.3 is 19.5 Å². The zero-order valence-corrected chi connectivity index (χ0v) is 16.9. The van der Waals surface area contributed by atoms with Crippen LogP contribution in [0.25, 0.3) is 0 Å². The maximum absolute atomic E-state index is 12.2. The molecule has 0 aliphatic heterocycles. The summed E-state index contributed by atoms with van der Waals surface area (Å²) in [6.07, 6.45) is 0. The fourth-order valence-electron chi connectivity index (χ4n) is 2.76. The molecule has 1 amide bonds. The van der Waals surface area contributed by atoms with Crippen molar-refractivity contribution in [2.24, 2.45) is 0 Å². The number of hydrogen-bond donors (Lipinski definition) is 1. The predicted molar refractivity (Wildman–Crippen MR) is 107 cm³/mol. The normalized spacial score (nSPS) is 11.6. The van der Waals surface area contributed by atoms with Gasteiger partial charge in [-0.05, 0) is 48.7 Å². The summed E-state index contributed by atoms with van der Waals surface area (Å²) < 4.78 is 15.7. The Balaban J connectivity index is 1.94. The molecule has 0 unspecified atom stereocenters. The van der Waals surface area contributed by atoms with Crippen LogP contribution < -0.4 is 14.8 Å². The highest BCUT2D eigenvalue weighted by Gasteiger charge is 2.17. The molecular weight excluding hydrogens is 358 g/mol. The van der Waals surface area contributed by atoms with Gasteiger partial charge in [0.05, 0.1) is 25.8 Å². The minimum absolute atomic E-state index is 0.346. The molecule has 0 saturated carbocycles. The van der Waals surface area contributed by atoms with Gasteiger partial charge in [-0.25, -0.2) is 4.79 Å². The molecule has 6 nitrogen and oxygen atoms in total. The van der Waals surface area contributed by atoms with Gasteiger partial charge in [0, 0.05) is 5.56 Å². The summed E-state index contributed by atoms with van der Waals surface area (Å²) >= 11 is 0. The summed E-state index contributed by atoms with van der Waals surface area (Å²) in [4.78, 5) is 24.3. The van der Waals surface area contributed by atoms with Crippen LogP contribution in [0.3, 0.4) is 0 Å². The molecule has 2 aromatic rings. The van der Waals surface area contributed by atoms with Crippen molar-refractivity contribution in [2.75, 3.05) is 20.8 Å². The highest BCUT2D eigenvalue weighted by Crippen LogP contribution is 2.29. The van der Waals surface area contributed by atoms with Gasteiger partial charge in [-0.2, -0.15) is 0 Å². The highest BCUT2D eigenvalue weighted by atomic mass is 16.5. The second-order valence-corrected chi connectivity index (χ2v) is 6.75. The number of carbonyl (C=O) groups excluding carboxylic acids is 2. The molecule has 0 bridgehead atoms. The van der Waals surface area contributed by atoms with E-state index < -0.39 is 11.9 Å². The largest absolute Gasteiger partial charge is 0.497 e. The van der Waals surface area contributed by atoms with E-state index in [9.17, 15) is 9.59 Å². The van der Waals surface area contributed by atoms with Crippen molar-refractivity contribution >= 4 is 11.9 Å². The number of benzene rings is 2. The molecule has 2 rings (SSSR count). The first-order valence-corrected chi connectivity index (χ1v) is 9.14. The van der Waals surface area contributed by atoms with Gasteiger partial charge >= 0.3 is 5.97 Å². The van der Waals surface area contributed by atoms with Gasteiger partial charge in [0.15, 0.2) is 6.61 Å². The topological polar surface area (TPSA) is 73.9 Å². The van der Waals surface area contributed by atoms with Crippen molar-refractivity contribution in [1.29, 1.82) is 0 Å². The van der Waals surface area contributed by atoms with Gasteiger partial charge in [0.1, 0.15) is 11.5 Å². The lowest BCUT2D eigenvalue weighted by Crippen LogP contribution is -2.31. The molecule has 0 radical (unpaired) electrons.